The molecule has 0 spiro atoms. The zero-order chi connectivity index (χ0) is 6.04. The van der Waals surface area contributed by atoms with Crippen molar-refractivity contribution in [3.8, 4) is 0 Å². The first-order valence-corrected chi connectivity index (χ1v) is 4.83. The Morgan fingerprint density at radius 1 is 1.38 bits per heavy atom. The van der Waals surface area contributed by atoms with Gasteiger partial charge < -0.3 is 0 Å². The molecule has 0 amide bonds. The number of rotatable bonds is 0. The van der Waals surface area contributed by atoms with Crippen LogP contribution in [0.4, 0.5) is 0 Å². The second kappa shape index (κ2) is 2.35. The highest BCUT2D eigenvalue weighted by molar-refractivity contribution is 7.38. The third kappa shape index (κ3) is 1.74. The van der Waals surface area contributed by atoms with E-state index in [1.54, 1.807) is 0 Å². The summed E-state index contributed by atoms with van der Waals surface area (Å²) in [7, 11) is 1.25. The first kappa shape index (κ1) is 6.55. The monoisotopic (exact) mass is 130 g/mol. The third-order valence-electron chi connectivity index (χ3n) is 1.81. The van der Waals surface area contributed by atoms with E-state index in [-0.39, 0.29) is 0 Å². The van der Waals surface area contributed by atoms with Crippen molar-refractivity contribution in [1.82, 2.24) is 0 Å². The Bertz CT molecular complexity index is 68.5. The van der Waals surface area contributed by atoms with Crippen LogP contribution in [0.15, 0.2) is 0 Å². The molecule has 0 radical (unpaired) electrons. The standard InChI is InChI=1S/C7H15P/c1-7(2)4-3-5-8-6-7/h8H,3-6H2,1-2H3. The summed E-state index contributed by atoms with van der Waals surface area (Å²) < 4.78 is 0. The Balaban J connectivity index is 2.33. The molecule has 1 atom stereocenters. The molecule has 0 aromatic carbocycles. The van der Waals surface area contributed by atoms with E-state index in [2.05, 4.69) is 13.8 Å². The first-order chi connectivity index (χ1) is 3.71. The van der Waals surface area contributed by atoms with Crippen molar-refractivity contribution >= 4 is 8.58 Å². The van der Waals surface area contributed by atoms with E-state index in [0.717, 1.165) is 0 Å². The van der Waals surface area contributed by atoms with Crippen LogP contribution < -0.4 is 0 Å². The minimum absolute atomic E-state index is 0.691. The summed E-state index contributed by atoms with van der Waals surface area (Å²) in [5.41, 5.74) is 0.691. The molecule has 1 aliphatic rings. The number of hydrogen-bond donors (Lipinski definition) is 0. The Kier molecular flexibility index (Phi) is 1.92. The molecule has 1 unspecified atom stereocenters. The van der Waals surface area contributed by atoms with Gasteiger partial charge in [-0.3, -0.25) is 0 Å². The molecule has 1 rings (SSSR count). The van der Waals surface area contributed by atoms with E-state index in [4.69, 9.17) is 0 Å². The maximum Gasteiger partial charge on any atom is -0.0302 e. The molecular formula is C7H15P. The Morgan fingerprint density at radius 3 is 2.38 bits per heavy atom. The summed E-state index contributed by atoms with van der Waals surface area (Å²) in [4.78, 5) is 0. The molecule has 0 aromatic heterocycles. The second-order valence-corrected chi connectivity index (χ2v) is 4.80. The SMILES string of the molecule is CC1(C)CCCPC1. The highest BCUT2D eigenvalue weighted by atomic mass is 31.1. The summed E-state index contributed by atoms with van der Waals surface area (Å²) in [6.45, 7) is 4.78. The van der Waals surface area contributed by atoms with Gasteiger partial charge in [-0.2, -0.15) is 0 Å². The summed E-state index contributed by atoms with van der Waals surface area (Å²) in [6.07, 6.45) is 5.92. The molecule has 48 valence electrons. The largest absolute Gasteiger partial charge is 0.122 e. The Hall–Kier alpha value is 0.430. The van der Waals surface area contributed by atoms with Gasteiger partial charge in [0.1, 0.15) is 0 Å². The van der Waals surface area contributed by atoms with Crippen molar-refractivity contribution in [2.75, 3.05) is 12.3 Å². The van der Waals surface area contributed by atoms with Crippen LogP contribution in [-0.2, 0) is 0 Å². The molecule has 0 aromatic rings. The first-order valence-electron chi connectivity index (χ1n) is 3.41. The van der Waals surface area contributed by atoms with Crippen LogP contribution in [0.5, 0.6) is 0 Å². The average Bonchev–Trinajstić information content (AvgIpc) is 1.65. The van der Waals surface area contributed by atoms with Gasteiger partial charge >= 0.3 is 0 Å². The van der Waals surface area contributed by atoms with Crippen LogP contribution in [0, 0.1) is 5.41 Å². The van der Waals surface area contributed by atoms with Crippen molar-refractivity contribution in [3.63, 3.8) is 0 Å². The van der Waals surface area contributed by atoms with Crippen LogP contribution in [-0.4, -0.2) is 12.3 Å². The van der Waals surface area contributed by atoms with E-state index >= 15 is 0 Å². The predicted octanol–water partition coefficient (Wildman–Crippen LogP) is 2.48. The van der Waals surface area contributed by atoms with Crippen LogP contribution in [0.25, 0.3) is 0 Å². The Morgan fingerprint density at radius 2 is 2.12 bits per heavy atom. The quantitative estimate of drug-likeness (QED) is 0.442. The third-order valence-corrected chi connectivity index (χ3v) is 3.72. The maximum atomic E-state index is 2.39. The van der Waals surface area contributed by atoms with Gasteiger partial charge in [-0.25, -0.2) is 0 Å². The zero-order valence-electron chi connectivity index (χ0n) is 5.83. The molecule has 0 bridgehead atoms. The zero-order valence-corrected chi connectivity index (χ0v) is 6.83. The predicted molar refractivity (Wildman–Crippen MR) is 41.1 cm³/mol. The minimum atomic E-state index is 0.691. The number of hydrogen-bond acceptors (Lipinski definition) is 0. The van der Waals surface area contributed by atoms with Gasteiger partial charge in [-0.15, -0.1) is 8.58 Å². The molecular weight excluding hydrogens is 115 g/mol. The minimum Gasteiger partial charge on any atom is -0.122 e. The lowest BCUT2D eigenvalue weighted by atomic mass is 9.90. The van der Waals surface area contributed by atoms with Gasteiger partial charge in [-0.05, 0) is 30.6 Å². The van der Waals surface area contributed by atoms with Gasteiger partial charge in [0, 0.05) is 0 Å². The molecule has 0 N–H and O–H groups in total. The fraction of sp³-hybridized carbons (Fsp3) is 1.00. The van der Waals surface area contributed by atoms with Crippen molar-refractivity contribution in [1.29, 1.82) is 0 Å². The molecule has 0 nitrogen and oxygen atoms in total. The van der Waals surface area contributed by atoms with E-state index in [0.29, 0.717) is 5.41 Å². The van der Waals surface area contributed by atoms with Crippen LogP contribution in [0.2, 0.25) is 0 Å². The molecule has 1 heterocycles. The van der Waals surface area contributed by atoms with Gasteiger partial charge in [0.25, 0.3) is 0 Å². The smallest absolute Gasteiger partial charge is 0.0302 e. The van der Waals surface area contributed by atoms with E-state index in [9.17, 15) is 0 Å². The molecule has 0 saturated carbocycles. The van der Waals surface area contributed by atoms with Gasteiger partial charge in [-0.1, -0.05) is 13.8 Å². The van der Waals surface area contributed by atoms with Gasteiger partial charge in [0.05, 0.1) is 0 Å². The molecule has 1 heteroatoms. The lowest BCUT2D eigenvalue weighted by Crippen LogP contribution is -2.17. The van der Waals surface area contributed by atoms with Crippen molar-refractivity contribution in [2.45, 2.75) is 26.7 Å². The lowest BCUT2D eigenvalue weighted by Gasteiger charge is -2.28. The van der Waals surface area contributed by atoms with E-state index in [1.807, 2.05) is 0 Å². The van der Waals surface area contributed by atoms with Crippen molar-refractivity contribution in [3.05, 3.63) is 0 Å². The van der Waals surface area contributed by atoms with E-state index < -0.39 is 0 Å². The summed E-state index contributed by atoms with van der Waals surface area (Å²) in [6, 6.07) is 0. The molecule has 8 heavy (non-hydrogen) atoms. The molecule has 1 saturated heterocycles. The molecule has 0 aliphatic carbocycles. The maximum absolute atomic E-state index is 2.39. The average molecular weight is 130 g/mol. The summed E-state index contributed by atoms with van der Waals surface area (Å²) >= 11 is 0. The fourth-order valence-corrected chi connectivity index (χ4v) is 2.66. The van der Waals surface area contributed by atoms with Gasteiger partial charge in [0.15, 0.2) is 0 Å². The van der Waals surface area contributed by atoms with Crippen molar-refractivity contribution in [2.24, 2.45) is 5.41 Å². The highest BCUT2D eigenvalue weighted by Gasteiger charge is 2.19. The molecule has 1 aliphatic heterocycles. The second-order valence-electron chi connectivity index (χ2n) is 3.44. The van der Waals surface area contributed by atoms with E-state index in [1.165, 1.54) is 33.7 Å². The van der Waals surface area contributed by atoms with Gasteiger partial charge in [0.2, 0.25) is 0 Å². The fourth-order valence-electron chi connectivity index (χ4n) is 1.21. The van der Waals surface area contributed by atoms with Crippen LogP contribution >= 0.6 is 8.58 Å². The normalized spacial score (nSPS) is 30.8. The van der Waals surface area contributed by atoms with Crippen LogP contribution in [0.3, 0.4) is 0 Å². The van der Waals surface area contributed by atoms with Crippen molar-refractivity contribution < 1.29 is 0 Å². The lowest BCUT2D eigenvalue weighted by molar-refractivity contribution is 0.372. The molecule has 1 fully saturated rings. The van der Waals surface area contributed by atoms with Crippen LogP contribution in [0.1, 0.15) is 26.7 Å². The highest BCUT2D eigenvalue weighted by Crippen LogP contribution is 2.36. The summed E-state index contributed by atoms with van der Waals surface area (Å²) in [5, 5.41) is 0. The topological polar surface area (TPSA) is 0 Å². The Labute approximate surface area is 53.8 Å². The summed E-state index contributed by atoms with van der Waals surface area (Å²) in [5.74, 6) is 0.